The smallest absolute Gasteiger partial charge is 0.185 e. The second-order valence-corrected chi connectivity index (χ2v) is 7.01. The van der Waals surface area contributed by atoms with Crippen LogP contribution in [-0.4, -0.2) is 8.42 Å². The molecule has 0 bridgehead atoms. The van der Waals surface area contributed by atoms with Crippen molar-refractivity contribution >= 4 is 31.5 Å². The topological polar surface area (TPSA) is 60.2 Å². The number of hydrogen-bond acceptors (Lipinski definition) is 3. The molecule has 0 heterocycles. The van der Waals surface area contributed by atoms with E-state index in [0.29, 0.717) is 5.56 Å². The van der Waals surface area contributed by atoms with Crippen molar-refractivity contribution in [3.05, 3.63) is 58.1 Å². The summed E-state index contributed by atoms with van der Waals surface area (Å²) in [5, 5.41) is 0. The molecule has 2 aromatic carbocycles. The van der Waals surface area contributed by atoms with E-state index in [-0.39, 0.29) is 10.2 Å². The molecular formula is C13H10BrF2NO2S. The minimum atomic E-state index is -3.86. The van der Waals surface area contributed by atoms with Crippen LogP contribution in [0.2, 0.25) is 0 Å². The molecule has 20 heavy (non-hydrogen) atoms. The third-order valence-electron chi connectivity index (χ3n) is 2.63. The van der Waals surface area contributed by atoms with Gasteiger partial charge < -0.3 is 5.73 Å². The molecule has 2 aromatic rings. The Morgan fingerprint density at radius 3 is 2.35 bits per heavy atom. The van der Waals surface area contributed by atoms with Crippen LogP contribution in [0.25, 0.3) is 0 Å². The van der Waals surface area contributed by atoms with Crippen LogP contribution >= 0.6 is 15.9 Å². The Kier molecular flexibility index (Phi) is 4.10. The Hall–Kier alpha value is -1.47. The number of sulfone groups is 1. The normalized spacial score (nSPS) is 11.6. The van der Waals surface area contributed by atoms with E-state index in [9.17, 15) is 17.2 Å². The first-order valence-corrected chi connectivity index (χ1v) is 7.96. The first-order valence-electron chi connectivity index (χ1n) is 5.51. The quantitative estimate of drug-likeness (QED) is 0.853. The van der Waals surface area contributed by atoms with Gasteiger partial charge in [-0.15, -0.1) is 0 Å². The maximum Gasteiger partial charge on any atom is 0.185 e. The molecule has 0 aliphatic carbocycles. The molecule has 2 N–H and O–H groups in total. The van der Waals surface area contributed by atoms with Gasteiger partial charge in [-0.2, -0.15) is 0 Å². The SMILES string of the molecule is Nc1ccc(S(=O)(=O)Cc2ccc(F)c(Br)c2)c(F)c1. The van der Waals surface area contributed by atoms with Crippen LogP contribution in [0.1, 0.15) is 5.56 Å². The van der Waals surface area contributed by atoms with Crippen molar-refractivity contribution in [2.24, 2.45) is 0 Å². The van der Waals surface area contributed by atoms with Crippen molar-refractivity contribution in [2.45, 2.75) is 10.6 Å². The lowest BCUT2D eigenvalue weighted by Gasteiger charge is -2.07. The molecule has 0 atom stereocenters. The molecule has 106 valence electrons. The number of nitrogens with two attached hydrogens (primary N) is 1. The first-order chi connectivity index (χ1) is 9.29. The maximum atomic E-state index is 13.7. The monoisotopic (exact) mass is 361 g/mol. The zero-order chi connectivity index (χ0) is 14.9. The highest BCUT2D eigenvalue weighted by Crippen LogP contribution is 2.24. The van der Waals surface area contributed by atoms with Crippen LogP contribution in [0.15, 0.2) is 45.8 Å². The minimum absolute atomic E-state index is 0.144. The Bertz CT molecular complexity index is 763. The van der Waals surface area contributed by atoms with E-state index in [0.717, 1.165) is 18.2 Å². The van der Waals surface area contributed by atoms with Gasteiger partial charge in [-0.05, 0) is 51.8 Å². The van der Waals surface area contributed by atoms with Crippen LogP contribution in [0.5, 0.6) is 0 Å². The van der Waals surface area contributed by atoms with Gasteiger partial charge in [0.15, 0.2) is 9.84 Å². The third-order valence-corrected chi connectivity index (χ3v) is 4.95. The summed E-state index contributed by atoms with van der Waals surface area (Å²) < 4.78 is 51.2. The summed E-state index contributed by atoms with van der Waals surface area (Å²) in [6, 6.07) is 7.23. The zero-order valence-corrected chi connectivity index (χ0v) is 12.5. The molecule has 0 unspecified atom stereocenters. The van der Waals surface area contributed by atoms with E-state index >= 15 is 0 Å². The van der Waals surface area contributed by atoms with Gasteiger partial charge in [0, 0.05) is 5.69 Å². The molecule has 3 nitrogen and oxygen atoms in total. The van der Waals surface area contributed by atoms with E-state index in [4.69, 9.17) is 5.73 Å². The first kappa shape index (κ1) is 14.9. The van der Waals surface area contributed by atoms with Gasteiger partial charge in [0.2, 0.25) is 0 Å². The molecule has 0 aromatic heterocycles. The Labute approximate surface area is 123 Å². The molecule has 0 fully saturated rings. The average Bonchev–Trinajstić information content (AvgIpc) is 2.33. The van der Waals surface area contributed by atoms with Crippen molar-refractivity contribution in [3.8, 4) is 0 Å². The Balaban J connectivity index is 2.38. The van der Waals surface area contributed by atoms with Crippen LogP contribution in [0.4, 0.5) is 14.5 Å². The fourth-order valence-electron chi connectivity index (χ4n) is 1.70. The highest BCUT2D eigenvalue weighted by Gasteiger charge is 2.20. The molecule has 0 spiro atoms. The fourth-order valence-corrected chi connectivity index (χ4v) is 3.53. The van der Waals surface area contributed by atoms with E-state index < -0.39 is 32.1 Å². The number of benzene rings is 2. The number of hydrogen-bond donors (Lipinski definition) is 1. The van der Waals surface area contributed by atoms with Gasteiger partial charge in [0.05, 0.1) is 10.2 Å². The maximum absolute atomic E-state index is 13.7. The van der Waals surface area contributed by atoms with Gasteiger partial charge in [-0.3, -0.25) is 0 Å². The summed E-state index contributed by atoms with van der Waals surface area (Å²) in [6.45, 7) is 0. The van der Waals surface area contributed by atoms with Gasteiger partial charge in [-0.25, -0.2) is 17.2 Å². The summed E-state index contributed by atoms with van der Waals surface area (Å²) >= 11 is 2.97. The molecule has 2 rings (SSSR count). The van der Waals surface area contributed by atoms with Crippen molar-refractivity contribution in [3.63, 3.8) is 0 Å². The predicted octanol–water partition coefficient (Wildman–Crippen LogP) is 3.28. The van der Waals surface area contributed by atoms with E-state index in [1.165, 1.54) is 18.2 Å². The molecule has 0 saturated carbocycles. The lowest BCUT2D eigenvalue weighted by atomic mass is 10.2. The highest BCUT2D eigenvalue weighted by atomic mass is 79.9. The predicted molar refractivity (Wildman–Crippen MR) is 75.8 cm³/mol. The standard InChI is InChI=1S/C13H10BrF2NO2S/c14-10-5-8(1-3-11(10)15)7-20(18,19)13-4-2-9(17)6-12(13)16/h1-6H,7,17H2. The lowest BCUT2D eigenvalue weighted by molar-refractivity contribution is 0.566. The summed E-state index contributed by atoms with van der Waals surface area (Å²) in [6.07, 6.45) is 0. The average molecular weight is 362 g/mol. The van der Waals surface area contributed by atoms with E-state index in [1.807, 2.05) is 0 Å². The number of nitrogen functional groups attached to an aromatic ring is 1. The second-order valence-electron chi connectivity index (χ2n) is 4.20. The Morgan fingerprint density at radius 2 is 1.75 bits per heavy atom. The van der Waals surface area contributed by atoms with Crippen LogP contribution in [-0.2, 0) is 15.6 Å². The van der Waals surface area contributed by atoms with Crippen molar-refractivity contribution < 1.29 is 17.2 Å². The summed E-state index contributed by atoms with van der Waals surface area (Å²) in [5.74, 6) is -1.82. The summed E-state index contributed by atoms with van der Waals surface area (Å²) in [7, 11) is -3.86. The van der Waals surface area contributed by atoms with E-state index in [1.54, 1.807) is 0 Å². The summed E-state index contributed by atoms with van der Waals surface area (Å²) in [5.41, 5.74) is 5.88. The second kappa shape index (κ2) is 5.49. The summed E-state index contributed by atoms with van der Waals surface area (Å²) in [4.78, 5) is -0.424. The lowest BCUT2D eigenvalue weighted by Crippen LogP contribution is -2.08. The molecule has 0 radical (unpaired) electrons. The minimum Gasteiger partial charge on any atom is -0.399 e. The van der Waals surface area contributed by atoms with Crippen molar-refractivity contribution in [1.29, 1.82) is 0 Å². The number of halogens is 3. The van der Waals surface area contributed by atoms with Gasteiger partial charge >= 0.3 is 0 Å². The third kappa shape index (κ3) is 3.16. The zero-order valence-electron chi connectivity index (χ0n) is 10.1. The van der Waals surface area contributed by atoms with Crippen LogP contribution < -0.4 is 5.73 Å². The van der Waals surface area contributed by atoms with Crippen molar-refractivity contribution in [2.75, 3.05) is 5.73 Å². The molecule has 0 aliphatic rings. The van der Waals surface area contributed by atoms with E-state index in [2.05, 4.69) is 15.9 Å². The van der Waals surface area contributed by atoms with Gasteiger partial charge in [0.1, 0.15) is 16.5 Å². The van der Waals surface area contributed by atoms with Crippen LogP contribution in [0, 0.1) is 11.6 Å². The molecule has 7 heteroatoms. The molecule has 0 saturated heterocycles. The number of anilines is 1. The van der Waals surface area contributed by atoms with Gasteiger partial charge in [-0.1, -0.05) is 6.07 Å². The largest absolute Gasteiger partial charge is 0.399 e. The molecule has 0 amide bonds. The molecule has 0 aliphatic heterocycles. The number of rotatable bonds is 3. The van der Waals surface area contributed by atoms with Crippen molar-refractivity contribution in [1.82, 2.24) is 0 Å². The van der Waals surface area contributed by atoms with Gasteiger partial charge in [0.25, 0.3) is 0 Å². The van der Waals surface area contributed by atoms with Crippen LogP contribution in [0.3, 0.4) is 0 Å². The Morgan fingerprint density at radius 1 is 1.05 bits per heavy atom. The highest BCUT2D eigenvalue weighted by molar-refractivity contribution is 9.10. The molecular weight excluding hydrogens is 352 g/mol. The fraction of sp³-hybridized carbons (Fsp3) is 0.0769.